The first-order chi connectivity index (χ1) is 9.11. The van der Waals surface area contributed by atoms with Crippen LogP contribution in [0, 0.1) is 15.9 Å². The van der Waals surface area contributed by atoms with Crippen LogP contribution < -0.4 is 5.73 Å². The molecule has 1 heterocycles. The molecule has 0 atom stereocenters. The van der Waals surface area contributed by atoms with Crippen LogP contribution in [0.1, 0.15) is 11.4 Å². The number of nitrogens with two attached hydrogens (primary N) is 1. The van der Waals surface area contributed by atoms with Crippen LogP contribution in [0.3, 0.4) is 0 Å². The summed E-state index contributed by atoms with van der Waals surface area (Å²) in [5.41, 5.74) is 5.34. The second kappa shape index (κ2) is 5.81. The third-order valence-corrected chi connectivity index (χ3v) is 3.47. The minimum Gasteiger partial charge on any atom is -0.330 e. The topological polar surface area (TPSA) is 94.9 Å². The van der Waals surface area contributed by atoms with E-state index in [4.69, 9.17) is 5.73 Å². The highest BCUT2D eigenvalue weighted by molar-refractivity contribution is 7.14. The quantitative estimate of drug-likeness (QED) is 0.669. The zero-order valence-corrected chi connectivity index (χ0v) is 10.7. The Morgan fingerprint density at radius 3 is 2.84 bits per heavy atom. The summed E-state index contributed by atoms with van der Waals surface area (Å²) in [5.74, 6) is -0.671. The lowest BCUT2D eigenvalue weighted by atomic mass is 10.2. The maximum atomic E-state index is 13.8. The number of benzene rings is 1. The van der Waals surface area contributed by atoms with E-state index < -0.39 is 10.7 Å². The van der Waals surface area contributed by atoms with Crippen molar-refractivity contribution in [3.8, 4) is 10.6 Å². The summed E-state index contributed by atoms with van der Waals surface area (Å²) in [6.07, 6.45) is 1.49. The molecule has 0 amide bonds. The van der Waals surface area contributed by atoms with Crippen molar-refractivity contribution in [2.75, 3.05) is 6.54 Å². The number of nitro benzene ring substituents is 1. The Balaban J connectivity index is 2.26. The first-order valence-electron chi connectivity index (χ1n) is 5.58. The van der Waals surface area contributed by atoms with Crippen LogP contribution in [0.15, 0.2) is 18.2 Å². The van der Waals surface area contributed by atoms with Gasteiger partial charge in [-0.1, -0.05) is 11.3 Å². The molecule has 2 aromatic rings. The average Bonchev–Trinajstić information content (AvgIpc) is 2.84. The van der Waals surface area contributed by atoms with Gasteiger partial charge in [-0.15, -0.1) is 10.2 Å². The van der Waals surface area contributed by atoms with Gasteiger partial charge in [-0.2, -0.15) is 0 Å². The van der Waals surface area contributed by atoms with Gasteiger partial charge in [0.2, 0.25) is 0 Å². The molecule has 0 bridgehead atoms. The van der Waals surface area contributed by atoms with Crippen LogP contribution in [0.4, 0.5) is 10.1 Å². The van der Waals surface area contributed by atoms with E-state index in [0.717, 1.165) is 17.5 Å². The van der Waals surface area contributed by atoms with Gasteiger partial charge in [0.05, 0.1) is 11.0 Å². The molecular weight excluding hydrogens is 271 g/mol. The van der Waals surface area contributed by atoms with E-state index in [2.05, 4.69) is 10.2 Å². The molecule has 0 unspecified atom stereocenters. The second-order valence-electron chi connectivity index (χ2n) is 3.81. The molecule has 0 aliphatic heterocycles. The number of nitrogens with zero attached hydrogens (tertiary/aromatic N) is 3. The molecule has 2 N–H and O–H groups in total. The maximum absolute atomic E-state index is 13.8. The predicted molar refractivity (Wildman–Crippen MR) is 69.3 cm³/mol. The van der Waals surface area contributed by atoms with Crippen LogP contribution in [-0.2, 0) is 6.42 Å². The van der Waals surface area contributed by atoms with Gasteiger partial charge in [0.1, 0.15) is 10.8 Å². The molecule has 2 rings (SSSR count). The fourth-order valence-electron chi connectivity index (χ4n) is 1.51. The monoisotopic (exact) mass is 282 g/mol. The van der Waals surface area contributed by atoms with Gasteiger partial charge in [0.25, 0.3) is 5.69 Å². The number of non-ortho nitro benzene ring substituents is 1. The number of hydrogen-bond acceptors (Lipinski definition) is 6. The van der Waals surface area contributed by atoms with Crippen LogP contribution in [0.5, 0.6) is 0 Å². The minimum absolute atomic E-state index is 0.224. The third-order valence-electron chi connectivity index (χ3n) is 2.46. The first kappa shape index (κ1) is 13.5. The number of aromatic nitrogens is 2. The first-order valence-corrected chi connectivity index (χ1v) is 6.40. The molecule has 6 nitrogen and oxygen atoms in total. The third kappa shape index (κ3) is 3.09. The number of nitro groups is 1. The van der Waals surface area contributed by atoms with E-state index in [1.165, 1.54) is 23.5 Å². The Hall–Kier alpha value is -1.93. The summed E-state index contributed by atoms with van der Waals surface area (Å²) >= 11 is 1.27. The molecular formula is C11H11FN4O2S. The summed E-state index contributed by atoms with van der Waals surface area (Å²) in [6.45, 7) is 0.556. The van der Waals surface area contributed by atoms with Crippen LogP contribution >= 0.6 is 11.3 Å². The Morgan fingerprint density at radius 2 is 2.21 bits per heavy atom. The Bertz CT molecular complexity index is 602. The minimum atomic E-state index is -0.671. The highest BCUT2D eigenvalue weighted by atomic mass is 32.1. The van der Waals surface area contributed by atoms with Gasteiger partial charge < -0.3 is 5.73 Å². The fourth-order valence-corrected chi connectivity index (χ4v) is 2.42. The standard InChI is InChI=1S/C11H11FN4O2S/c12-9-6-7(16(17)18)3-4-8(9)11-15-14-10(19-11)2-1-5-13/h3-4,6H,1-2,5,13H2. The number of aryl methyl sites for hydroxylation is 1. The summed E-state index contributed by atoms with van der Waals surface area (Å²) in [4.78, 5) is 9.89. The van der Waals surface area contributed by atoms with Crippen molar-refractivity contribution in [1.29, 1.82) is 0 Å². The van der Waals surface area contributed by atoms with Gasteiger partial charge in [-0.05, 0) is 19.0 Å². The summed E-state index contributed by atoms with van der Waals surface area (Å²) in [6, 6.07) is 3.48. The van der Waals surface area contributed by atoms with Crippen molar-refractivity contribution in [3.63, 3.8) is 0 Å². The maximum Gasteiger partial charge on any atom is 0.272 e. The van der Waals surface area contributed by atoms with Crippen molar-refractivity contribution in [3.05, 3.63) is 39.1 Å². The molecule has 0 aliphatic carbocycles. The van der Waals surface area contributed by atoms with Crippen LogP contribution in [-0.4, -0.2) is 21.7 Å². The van der Waals surface area contributed by atoms with E-state index in [1.807, 2.05) is 0 Å². The highest BCUT2D eigenvalue weighted by Crippen LogP contribution is 2.28. The van der Waals surface area contributed by atoms with Crippen LogP contribution in [0.2, 0.25) is 0 Å². The number of hydrogen-bond donors (Lipinski definition) is 1. The summed E-state index contributed by atoms with van der Waals surface area (Å²) < 4.78 is 13.8. The SMILES string of the molecule is NCCCc1nnc(-c2ccc([N+](=O)[O-])cc2F)s1. The van der Waals surface area contributed by atoms with Crippen molar-refractivity contribution < 1.29 is 9.31 Å². The van der Waals surface area contributed by atoms with E-state index in [-0.39, 0.29) is 11.3 Å². The normalized spacial score (nSPS) is 10.6. The predicted octanol–water partition coefficient (Wildman–Crippen LogP) is 2.14. The average molecular weight is 282 g/mol. The fraction of sp³-hybridized carbons (Fsp3) is 0.273. The molecule has 0 fully saturated rings. The molecule has 100 valence electrons. The number of rotatable bonds is 5. The van der Waals surface area contributed by atoms with Gasteiger partial charge in [0, 0.05) is 18.1 Å². The second-order valence-corrected chi connectivity index (χ2v) is 4.88. The van der Waals surface area contributed by atoms with Gasteiger partial charge in [-0.3, -0.25) is 10.1 Å². The molecule has 0 spiro atoms. The molecule has 0 aliphatic rings. The zero-order chi connectivity index (χ0) is 13.8. The van der Waals surface area contributed by atoms with Crippen molar-refractivity contribution >= 4 is 17.0 Å². The Morgan fingerprint density at radius 1 is 1.42 bits per heavy atom. The Labute approximate surface area is 112 Å². The molecule has 0 radical (unpaired) electrons. The zero-order valence-electron chi connectivity index (χ0n) is 9.88. The Kier molecular flexibility index (Phi) is 4.13. The molecule has 1 aromatic carbocycles. The lowest BCUT2D eigenvalue weighted by Gasteiger charge is -1.97. The summed E-state index contributed by atoms with van der Waals surface area (Å²) in [7, 11) is 0. The van der Waals surface area contributed by atoms with E-state index >= 15 is 0 Å². The van der Waals surface area contributed by atoms with Crippen molar-refractivity contribution in [2.45, 2.75) is 12.8 Å². The van der Waals surface area contributed by atoms with Crippen molar-refractivity contribution in [2.24, 2.45) is 5.73 Å². The molecule has 0 saturated carbocycles. The van der Waals surface area contributed by atoms with Crippen molar-refractivity contribution in [1.82, 2.24) is 10.2 Å². The highest BCUT2D eigenvalue weighted by Gasteiger charge is 2.15. The molecule has 19 heavy (non-hydrogen) atoms. The van der Waals surface area contributed by atoms with E-state index in [0.29, 0.717) is 18.0 Å². The van der Waals surface area contributed by atoms with Crippen LogP contribution in [0.25, 0.3) is 10.6 Å². The number of halogens is 1. The smallest absolute Gasteiger partial charge is 0.272 e. The van der Waals surface area contributed by atoms with Gasteiger partial charge in [-0.25, -0.2) is 4.39 Å². The summed E-state index contributed by atoms with van der Waals surface area (Å²) in [5, 5.41) is 19.6. The van der Waals surface area contributed by atoms with Gasteiger partial charge >= 0.3 is 0 Å². The lowest BCUT2D eigenvalue weighted by Crippen LogP contribution is -1.99. The lowest BCUT2D eigenvalue weighted by molar-refractivity contribution is -0.385. The van der Waals surface area contributed by atoms with E-state index in [9.17, 15) is 14.5 Å². The largest absolute Gasteiger partial charge is 0.330 e. The molecule has 1 aromatic heterocycles. The molecule has 8 heteroatoms. The van der Waals surface area contributed by atoms with Gasteiger partial charge in [0.15, 0.2) is 5.01 Å². The molecule has 0 saturated heterocycles. The van der Waals surface area contributed by atoms with E-state index in [1.54, 1.807) is 0 Å².